The number of anilines is 2. The Morgan fingerprint density at radius 2 is 2.07 bits per heavy atom. The molecule has 1 aromatic carbocycles. The van der Waals surface area contributed by atoms with Gasteiger partial charge < -0.3 is 11.1 Å². The van der Waals surface area contributed by atoms with Gasteiger partial charge in [-0.25, -0.2) is 4.39 Å². The van der Waals surface area contributed by atoms with Crippen LogP contribution >= 0.6 is 0 Å². The van der Waals surface area contributed by atoms with Gasteiger partial charge in [0.15, 0.2) is 0 Å². The zero-order valence-electron chi connectivity index (χ0n) is 9.18. The third-order valence-electron chi connectivity index (χ3n) is 3.07. The van der Waals surface area contributed by atoms with Crippen molar-refractivity contribution < 1.29 is 4.39 Å². The maximum absolute atomic E-state index is 12.8. The summed E-state index contributed by atoms with van der Waals surface area (Å²) in [5.74, 6) is 0.421. The van der Waals surface area contributed by atoms with Gasteiger partial charge in [0.05, 0.1) is 11.4 Å². The van der Waals surface area contributed by atoms with E-state index in [0.717, 1.165) is 5.69 Å². The van der Waals surface area contributed by atoms with Crippen LogP contribution in [0.3, 0.4) is 0 Å². The monoisotopic (exact) mass is 208 g/mol. The molecule has 0 amide bonds. The molecule has 0 atom stereocenters. The third kappa shape index (κ3) is 2.22. The van der Waals surface area contributed by atoms with Crippen LogP contribution in [0.1, 0.15) is 26.7 Å². The smallest absolute Gasteiger partial charge is 0.125 e. The molecular formula is C12H17FN2. The summed E-state index contributed by atoms with van der Waals surface area (Å²) >= 11 is 0. The minimum Gasteiger partial charge on any atom is -0.397 e. The van der Waals surface area contributed by atoms with E-state index >= 15 is 0 Å². The lowest BCUT2D eigenvalue weighted by Gasteiger charge is -2.28. The molecule has 15 heavy (non-hydrogen) atoms. The Hall–Kier alpha value is -1.25. The Morgan fingerprint density at radius 3 is 2.60 bits per heavy atom. The number of nitrogens with two attached hydrogens (primary N) is 1. The normalized spacial score (nSPS) is 16.5. The first-order valence-electron chi connectivity index (χ1n) is 5.32. The molecule has 0 spiro atoms. The highest BCUT2D eigenvalue weighted by Crippen LogP contribution is 2.41. The van der Waals surface area contributed by atoms with E-state index in [4.69, 9.17) is 5.73 Å². The largest absolute Gasteiger partial charge is 0.397 e. The van der Waals surface area contributed by atoms with Gasteiger partial charge in [0.25, 0.3) is 0 Å². The van der Waals surface area contributed by atoms with Crippen LogP contribution in [0.5, 0.6) is 0 Å². The van der Waals surface area contributed by atoms with E-state index in [9.17, 15) is 4.39 Å². The lowest BCUT2D eigenvalue weighted by atomic mass is 9.98. The van der Waals surface area contributed by atoms with E-state index in [1.165, 1.54) is 25.0 Å². The maximum atomic E-state index is 12.8. The summed E-state index contributed by atoms with van der Waals surface area (Å²) in [5.41, 5.74) is 7.10. The molecule has 0 heterocycles. The van der Waals surface area contributed by atoms with Gasteiger partial charge in [0, 0.05) is 5.54 Å². The van der Waals surface area contributed by atoms with E-state index < -0.39 is 0 Å². The predicted octanol–water partition coefficient (Wildman–Crippen LogP) is 3.01. The number of rotatable bonds is 3. The minimum atomic E-state index is -0.290. The molecule has 0 radical (unpaired) electrons. The molecule has 82 valence electrons. The first kappa shape index (κ1) is 10.3. The van der Waals surface area contributed by atoms with Crippen LogP contribution in [0.4, 0.5) is 15.8 Å². The SMILES string of the molecule is CC(C)(Nc1ccc(F)cc1N)C1CC1. The van der Waals surface area contributed by atoms with E-state index in [-0.39, 0.29) is 11.4 Å². The average molecular weight is 208 g/mol. The van der Waals surface area contributed by atoms with Gasteiger partial charge in [-0.05, 0) is 50.8 Å². The Bertz CT molecular complexity index is 370. The molecule has 2 rings (SSSR count). The van der Waals surface area contributed by atoms with Crippen molar-refractivity contribution in [1.29, 1.82) is 0 Å². The molecule has 0 aromatic heterocycles. The molecular weight excluding hydrogens is 191 g/mol. The maximum Gasteiger partial charge on any atom is 0.125 e. The topological polar surface area (TPSA) is 38.0 Å². The Balaban J connectivity index is 2.16. The van der Waals surface area contributed by atoms with Crippen LogP contribution in [0.25, 0.3) is 0 Å². The fourth-order valence-electron chi connectivity index (χ4n) is 1.90. The van der Waals surface area contributed by atoms with Gasteiger partial charge in [-0.3, -0.25) is 0 Å². The summed E-state index contributed by atoms with van der Waals surface area (Å²) in [6.07, 6.45) is 2.53. The van der Waals surface area contributed by atoms with Crippen molar-refractivity contribution in [2.45, 2.75) is 32.2 Å². The standard InChI is InChI=1S/C12H17FN2/c1-12(2,8-3-4-8)15-11-6-5-9(13)7-10(11)14/h5-8,15H,3-4,14H2,1-2H3. The average Bonchev–Trinajstić information content (AvgIpc) is 2.92. The third-order valence-corrected chi connectivity index (χ3v) is 3.07. The molecule has 1 aromatic rings. The molecule has 1 aliphatic rings. The Kier molecular flexibility index (Phi) is 2.33. The quantitative estimate of drug-likeness (QED) is 0.749. The Morgan fingerprint density at radius 1 is 1.40 bits per heavy atom. The number of nitrogen functional groups attached to an aromatic ring is 1. The van der Waals surface area contributed by atoms with Crippen LogP contribution in [0, 0.1) is 11.7 Å². The van der Waals surface area contributed by atoms with Gasteiger partial charge in [0.2, 0.25) is 0 Å². The fourth-order valence-corrected chi connectivity index (χ4v) is 1.90. The molecule has 3 heteroatoms. The summed E-state index contributed by atoms with van der Waals surface area (Å²) in [7, 11) is 0. The molecule has 0 aliphatic heterocycles. The first-order valence-corrected chi connectivity index (χ1v) is 5.32. The minimum absolute atomic E-state index is 0.0476. The van der Waals surface area contributed by atoms with Crippen molar-refractivity contribution in [3.63, 3.8) is 0 Å². The van der Waals surface area contributed by atoms with Crippen molar-refractivity contribution in [2.24, 2.45) is 5.92 Å². The van der Waals surface area contributed by atoms with Crippen molar-refractivity contribution in [2.75, 3.05) is 11.1 Å². The van der Waals surface area contributed by atoms with E-state index in [2.05, 4.69) is 19.2 Å². The Labute approximate surface area is 89.7 Å². The second-order valence-electron chi connectivity index (χ2n) is 4.85. The molecule has 0 bridgehead atoms. The van der Waals surface area contributed by atoms with Crippen molar-refractivity contribution in [1.82, 2.24) is 0 Å². The lowest BCUT2D eigenvalue weighted by molar-refractivity contribution is 0.494. The van der Waals surface area contributed by atoms with Crippen LogP contribution < -0.4 is 11.1 Å². The second kappa shape index (κ2) is 3.40. The summed E-state index contributed by atoms with van der Waals surface area (Å²) in [6.45, 7) is 4.32. The van der Waals surface area contributed by atoms with Gasteiger partial charge in [-0.2, -0.15) is 0 Å². The van der Waals surface area contributed by atoms with Crippen LogP contribution in [-0.2, 0) is 0 Å². The van der Waals surface area contributed by atoms with E-state index in [1.54, 1.807) is 6.07 Å². The van der Waals surface area contributed by atoms with Crippen LogP contribution in [0.2, 0.25) is 0 Å². The number of benzene rings is 1. The highest BCUT2D eigenvalue weighted by atomic mass is 19.1. The number of hydrogen-bond acceptors (Lipinski definition) is 2. The summed E-state index contributed by atoms with van der Waals surface area (Å²) < 4.78 is 12.8. The zero-order chi connectivity index (χ0) is 11.1. The summed E-state index contributed by atoms with van der Waals surface area (Å²) in [5, 5.41) is 3.38. The zero-order valence-corrected chi connectivity index (χ0v) is 9.18. The molecule has 2 nitrogen and oxygen atoms in total. The molecule has 0 unspecified atom stereocenters. The summed E-state index contributed by atoms with van der Waals surface area (Å²) in [6, 6.07) is 4.49. The first-order chi connectivity index (χ1) is 6.99. The van der Waals surface area contributed by atoms with Crippen molar-refractivity contribution in [3.05, 3.63) is 24.0 Å². The molecule has 1 saturated carbocycles. The molecule has 0 saturated heterocycles. The number of nitrogens with one attached hydrogen (secondary N) is 1. The van der Waals surface area contributed by atoms with Gasteiger partial charge in [-0.1, -0.05) is 0 Å². The van der Waals surface area contributed by atoms with Crippen LogP contribution in [0.15, 0.2) is 18.2 Å². The van der Waals surface area contributed by atoms with Gasteiger partial charge in [0.1, 0.15) is 5.82 Å². The molecule has 1 fully saturated rings. The van der Waals surface area contributed by atoms with E-state index in [0.29, 0.717) is 11.6 Å². The highest BCUT2D eigenvalue weighted by Gasteiger charge is 2.37. The van der Waals surface area contributed by atoms with Crippen molar-refractivity contribution >= 4 is 11.4 Å². The molecule has 3 N–H and O–H groups in total. The lowest BCUT2D eigenvalue weighted by Crippen LogP contribution is -2.33. The number of halogens is 1. The van der Waals surface area contributed by atoms with Crippen molar-refractivity contribution in [3.8, 4) is 0 Å². The predicted molar refractivity (Wildman–Crippen MR) is 61.2 cm³/mol. The van der Waals surface area contributed by atoms with Gasteiger partial charge >= 0.3 is 0 Å². The second-order valence-corrected chi connectivity index (χ2v) is 4.85. The number of hydrogen-bond donors (Lipinski definition) is 2. The van der Waals surface area contributed by atoms with E-state index in [1.807, 2.05) is 0 Å². The fraction of sp³-hybridized carbons (Fsp3) is 0.500. The summed E-state index contributed by atoms with van der Waals surface area (Å²) in [4.78, 5) is 0. The molecule has 1 aliphatic carbocycles. The highest BCUT2D eigenvalue weighted by molar-refractivity contribution is 5.66. The van der Waals surface area contributed by atoms with Crippen LogP contribution in [-0.4, -0.2) is 5.54 Å². The van der Waals surface area contributed by atoms with Gasteiger partial charge in [-0.15, -0.1) is 0 Å².